The van der Waals surface area contributed by atoms with E-state index in [1.807, 2.05) is 6.92 Å². The third-order valence-electron chi connectivity index (χ3n) is 2.40. The topological polar surface area (TPSA) is 77.2 Å². The van der Waals surface area contributed by atoms with Gasteiger partial charge in [0.1, 0.15) is 12.4 Å². The van der Waals surface area contributed by atoms with Crippen LogP contribution in [0.25, 0.3) is 0 Å². The van der Waals surface area contributed by atoms with Gasteiger partial charge in [0.05, 0.1) is 10.4 Å². The van der Waals surface area contributed by atoms with E-state index in [9.17, 15) is 4.79 Å². The second kappa shape index (κ2) is 6.19. The minimum absolute atomic E-state index is 0.368. The standard InChI is InChI=1S/C13H15N3O2S/c1-2-15-13-16-7-9(19-13)8-18-11-6-4-3-5-10(11)12(14)17/h3-7H,2,8H2,1H3,(H2,14,17)(H,15,16). The molecule has 2 aromatic rings. The Labute approximate surface area is 115 Å². The van der Waals surface area contributed by atoms with Crippen LogP contribution in [0.1, 0.15) is 22.2 Å². The Morgan fingerprint density at radius 3 is 3.00 bits per heavy atom. The van der Waals surface area contributed by atoms with E-state index in [0.29, 0.717) is 17.9 Å². The van der Waals surface area contributed by atoms with Crippen molar-refractivity contribution in [2.24, 2.45) is 5.73 Å². The zero-order chi connectivity index (χ0) is 13.7. The van der Waals surface area contributed by atoms with Crippen molar-refractivity contribution in [3.05, 3.63) is 40.9 Å². The molecule has 1 aromatic carbocycles. The minimum atomic E-state index is -0.492. The molecule has 1 heterocycles. The van der Waals surface area contributed by atoms with Gasteiger partial charge in [0, 0.05) is 12.7 Å². The smallest absolute Gasteiger partial charge is 0.252 e. The van der Waals surface area contributed by atoms with Gasteiger partial charge in [0.15, 0.2) is 5.13 Å². The number of hydrogen-bond donors (Lipinski definition) is 2. The molecule has 0 saturated heterocycles. The van der Waals surface area contributed by atoms with Gasteiger partial charge in [0.2, 0.25) is 0 Å². The fourth-order valence-corrected chi connectivity index (χ4v) is 2.35. The van der Waals surface area contributed by atoms with Crippen LogP contribution < -0.4 is 15.8 Å². The number of thiazole rings is 1. The summed E-state index contributed by atoms with van der Waals surface area (Å²) >= 11 is 1.53. The fourth-order valence-electron chi connectivity index (χ4n) is 1.55. The second-order valence-corrected chi connectivity index (χ2v) is 4.93. The van der Waals surface area contributed by atoms with Gasteiger partial charge in [0.25, 0.3) is 5.91 Å². The summed E-state index contributed by atoms with van der Waals surface area (Å²) in [5.41, 5.74) is 5.68. The van der Waals surface area contributed by atoms with Crippen LogP contribution in [-0.2, 0) is 6.61 Å². The SMILES string of the molecule is CCNc1ncc(COc2ccccc2C(N)=O)s1. The molecule has 0 atom stereocenters. The molecule has 0 aliphatic heterocycles. The van der Waals surface area contributed by atoms with Crippen molar-refractivity contribution in [3.8, 4) is 5.75 Å². The molecule has 6 heteroatoms. The quantitative estimate of drug-likeness (QED) is 0.849. The molecule has 100 valence electrons. The molecule has 5 nitrogen and oxygen atoms in total. The van der Waals surface area contributed by atoms with E-state index >= 15 is 0 Å². The zero-order valence-electron chi connectivity index (χ0n) is 10.6. The molecule has 19 heavy (non-hydrogen) atoms. The number of ether oxygens (including phenoxy) is 1. The number of benzene rings is 1. The van der Waals surface area contributed by atoms with E-state index in [-0.39, 0.29) is 0 Å². The number of hydrogen-bond acceptors (Lipinski definition) is 5. The number of nitrogens with two attached hydrogens (primary N) is 1. The summed E-state index contributed by atoms with van der Waals surface area (Å²) in [5.74, 6) is 0.00152. The molecule has 0 spiro atoms. The highest BCUT2D eigenvalue weighted by Crippen LogP contribution is 2.22. The Bertz CT molecular complexity index is 569. The van der Waals surface area contributed by atoms with E-state index in [4.69, 9.17) is 10.5 Å². The van der Waals surface area contributed by atoms with Crippen LogP contribution in [0.5, 0.6) is 5.75 Å². The number of nitrogens with one attached hydrogen (secondary N) is 1. The number of carbonyl (C=O) groups is 1. The van der Waals surface area contributed by atoms with Gasteiger partial charge in [-0.3, -0.25) is 4.79 Å². The highest BCUT2D eigenvalue weighted by atomic mass is 32.1. The highest BCUT2D eigenvalue weighted by Gasteiger charge is 2.09. The number of amides is 1. The van der Waals surface area contributed by atoms with Crippen molar-refractivity contribution in [2.45, 2.75) is 13.5 Å². The van der Waals surface area contributed by atoms with Crippen LogP contribution in [0.4, 0.5) is 5.13 Å². The van der Waals surface area contributed by atoms with Gasteiger partial charge in [-0.2, -0.15) is 0 Å². The molecule has 0 bridgehead atoms. The number of rotatable bonds is 6. The predicted octanol–water partition coefficient (Wildman–Crippen LogP) is 2.25. The summed E-state index contributed by atoms with van der Waals surface area (Å²) < 4.78 is 5.62. The van der Waals surface area contributed by atoms with Gasteiger partial charge in [-0.1, -0.05) is 23.5 Å². The molecule has 0 saturated carbocycles. The summed E-state index contributed by atoms with van der Waals surface area (Å²) in [6.45, 7) is 3.21. The summed E-state index contributed by atoms with van der Waals surface area (Å²) in [7, 11) is 0. The number of aromatic nitrogens is 1. The van der Waals surface area contributed by atoms with Crippen LogP contribution in [0.15, 0.2) is 30.5 Å². The Morgan fingerprint density at radius 2 is 2.26 bits per heavy atom. The fraction of sp³-hybridized carbons (Fsp3) is 0.231. The Morgan fingerprint density at radius 1 is 1.47 bits per heavy atom. The maximum atomic E-state index is 11.2. The molecule has 0 unspecified atom stereocenters. The van der Waals surface area contributed by atoms with Gasteiger partial charge in [-0.05, 0) is 19.1 Å². The molecular formula is C13H15N3O2S. The van der Waals surface area contributed by atoms with Crippen LogP contribution in [-0.4, -0.2) is 17.4 Å². The van der Waals surface area contributed by atoms with Gasteiger partial charge in [-0.25, -0.2) is 4.98 Å². The van der Waals surface area contributed by atoms with Crippen molar-refractivity contribution >= 4 is 22.4 Å². The minimum Gasteiger partial charge on any atom is -0.487 e. The third-order valence-corrected chi connectivity index (χ3v) is 3.33. The largest absolute Gasteiger partial charge is 0.487 e. The maximum Gasteiger partial charge on any atom is 0.252 e. The van der Waals surface area contributed by atoms with Crippen molar-refractivity contribution in [3.63, 3.8) is 0 Å². The lowest BCUT2D eigenvalue weighted by atomic mass is 10.2. The first-order valence-corrected chi connectivity index (χ1v) is 6.72. The first-order chi connectivity index (χ1) is 9.20. The van der Waals surface area contributed by atoms with Gasteiger partial charge < -0.3 is 15.8 Å². The number of primary amides is 1. The highest BCUT2D eigenvalue weighted by molar-refractivity contribution is 7.15. The summed E-state index contributed by atoms with van der Waals surface area (Å²) in [5, 5.41) is 4.00. The Kier molecular flexibility index (Phi) is 4.35. The van der Waals surface area contributed by atoms with E-state index < -0.39 is 5.91 Å². The zero-order valence-corrected chi connectivity index (χ0v) is 11.4. The second-order valence-electron chi connectivity index (χ2n) is 3.81. The van der Waals surface area contributed by atoms with Crippen LogP contribution in [0.2, 0.25) is 0 Å². The van der Waals surface area contributed by atoms with Crippen molar-refractivity contribution in [1.82, 2.24) is 4.98 Å². The van der Waals surface area contributed by atoms with Crippen molar-refractivity contribution in [2.75, 3.05) is 11.9 Å². The van der Waals surface area contributed by atoms with Crippen molar-refractivity contribution < 1.29 is 9.53 Å². The number of anilines is 1. The first-order valence-electron chi connectivity index (χ1n) is 5.91. The van der Waals surface area contributed by atoms with E-state index in [0.717, 1.165) is 16.6 Å². The molecular weight excluding hydrogens is 262 g/mol. The number of para-hydroxylation sites is 1. The lowest BCUT2D eigenvalue weighted by Crippen LogP contribution is -2.12. The van der Waals surface area contributed by atoms with Crippen LogP contribution in [0.3, 0.4) is 0 Å². The first kappa shape index (κ1) is 13.4. The maximum absolute atomic E-state index is 11.2. The number of carbonyl (C=O) groups excluding carboxylic acids is 1. The molecule has 0 aliphatic rings. The summed E-state index contributed by atoms with van der Waals surface area (Å²) in [6, 6.07) is 6.93. The third kappa shape index (κ3) is 3.45. The lowest BCUT2D eigenvalue weighted by Gasteiger charge is -2.07. The average Bonchev–Trinajstić information content (AvgIpc) is 2.85. The number of nitrogens with zero attached hydrogens (tertiary/aromatic N) is 1. The molecule has 1 amide bonds. The van der Waals surface area contributed by atoms with Crippen molar-refractivity contribution in [1.29, 1.82) is 0 Å². The monoisotopic (exact) mass is 277 g/mol. The van der Waals surface area contributed by atoms with Crippen LogP contribution in [0, 0.1) is 0 Å². The molecule has 2 rings (SSSR count). The molecule has 0 aliphatic carbocycles. The van der Waals surface area contributed by atoms with E-state index in [1.165, 1.54) is 11.3 Å². The van der Waals surface area contributed by atoms with Crippen LogP contribution >= 0.6 is 11.3 Å². The molecule has 1 aromatic heterocycles. The molecule has 0 fully saturated rings. The predicted molar refractivity (Wildman–Crippen MR) is 75.6 cm³/mol. The average molecular weight is 277 g/mol. The Hall–Kier alpha value is -2.08. The normalized spacial score (nSPS) is 10.2. The van der Waals surface area contributed by atoms with Gasteiger partial charge >= 0.3 is 0 Å². The molecule has 0 radical (unpaired) electrons. The van der Waals surface area contributed by atoms with E-state index in [2.05, 4.69) is 10.3 Å². The Balaban J connectivity index is 2.03. The molecule has 3 N–H and O–H groups in total. The van der Waals surface area contributed by atoms with Gasteiger partial charge in [-0.15, -0.1) is 0 Å². The summed E-state index contributed by atoms with van der Waals surface area (Å²) in [6.07, 6.45) is 1.76. The van der Waals surface area contributed by atoms with E-state index in [1.54, 1.807) is 30.5 Å². The lowest BCUT2D eigenvalue weighted by molar-refractivity contribution is 0.0996. The summed E-state index contributed by atoms with van der Waals surface area (Å²) in [4.78, 5) is 16.4.